The number of hydrogen-bond donors (Lipinski definition) is 1. The van der Waals surface area contributed by atoms with Crippen molar-refractivity contribution in [3.8, 4) is 16.2 Å². The molecule has 0 aliphatic carbocycles. The molecule has 2 amide bonds. The van der Waals surface area contributed by atoms with Gasteiger partial charge in [-0.05, 0) is 63.4 Å². The molecular weight excluding hydrogens is 424 g/mol. The third-order valence-electron chi connectivity index (χ3n) is 5.72. The number of methoxy groups -OCH3 is 1. The highest BCUT2D eigenvalue weighted by Crippen LogP contribution is 2.33. The Hall–Kier alpha value is -2.42. The first kappa shape index (κ1) is 24.2. The SMILES string of the molecule is CCN1CCN(C(=O)c2ccc(-c3ccc(C(=O)NCCCN(C)C)s3)cc2OC)CC1. The van der Waals surface area contributed by atoms with Crippen LogP contribution in [0.25, 0.3) is 10.4 Å². The Morgan fingerprint density at radius 3 is 2.53 bits per heavy atom. The summed E-state index contributed by atoms with van der Waals surface area (Å²) in [4.78, 5) is 33.5. The summed E-state index contributed by atoms with van der Waals surface area (Å²) in [7, 11) is 5.63. The molecule has 1 fully saturated rings. The highest BCUT2D eigenvalue weighted by molar-refractivity contribution is 7.17. The van der Waals surface area contributed by atoms with E-state index in [1.54, 1.807) is 7.11 Å². The summed E-state index contributed by atoms with van der Waals surface area (Å²) in [5.74, 6) is 0.520. The van der Waals surface area contributed by atoms with Crippen molar-refractivity contribution in [2.75, 3.05) is 67.0 Å². The largest absolute Gasteiger partial charge is 0.496 e. The zero-order chi connectivity index (χ0) is 23.1. The highest BCUT2D eigenvalue weighted by atomic mass is 32.1. The van der Waals surface area contributed by atoms with Gasteiger partial charge in [0.05, 0.1) is 17.6 Å². The highest BCUT2D eigenvalue weighted by Gasteiger charge is 2.24. The van der Waals surface area contributed by atoms with Crippen LogP contribution in [0.3, 0.4) is 0 Å². The summed E-state index contributed by atoms with van der Waals surface area (Å²) >= 11 is 1.44. The van der Waals surface area contributed by atoms with Crippen LogP contribution in [0.15, 0.2) is 30.3 Å². The third-order valence-corrected chi connectivity index (χ3v) is 6.85. The number of carbonyl (C=O) groups is 2. The van der Waals surface area contributed by atoms with Crippen LogP contribution in [0.5, 0.6) is 5.75 Å². The van der Waals surface area contributed by atoms with Crippen LogP contribution in [-0.4, -0.2) is 93.5 Å². The number of ether oxygens (including phenoxy) is 1. The first-order valence-electron chi connectivity index (χ1n) is 11.2. The van der Waals surface area contributed by atoms with Gasteiger partial charge >= 0.3 is 0 Å². The minimum absolute atomic E-state index is 0.00752. The number of likely N-dealkylation sites (N-methyl/N-ethyl adjacent to an activating group) is 1. The van der Waals surface area contributed by atoms with Gasteiger partial charge in [-0.25, -0.2) is 0 Å². The van der Waals surface area contributed by atoms with Gasteiger partial charge in [0.2, 0.25) is 0 Å². The number of benzene rings is 1. The van der Waals surface area contributed by atoms with Crippen LogP contribution in [0.1, 0.15) is 33.4 Å². The van der Waals surface area contributed by atoms with Crippen molar-refractivity contribution in [2.24, 2.45) is 0 Å². The van der Waals surface area contributed by atoms with Crippen LogP contribution < -0.4 is 10.1 Å². The molecule has 0 spiro atoms. The van der Waals surface area contributed by atoms with Crippen LogP contribution in [0.4, 0.5) is 0 Å². The number of hydrogen-bond acceptors (Lipinski definition) is 6. The first-order chi connectivity index (χ1) is 15.4. The summed E-state index contributed by atoms with van der Waals surface area (Å²) in [6, 6.07) is 9.45. The molecule has 0 bridgehead atoms. The maximum atomic E-state index is 13.1. The summed E-state index contributed by atoms with van der Waals surface area (Å²) in [6.07, 6.45) is 0.914. The molecule has 0 radical (unpaired) electrons. The Balaban J connectivity index is 1.67. The topological polar surface area (TPSA) is 65.1 Å². The maximum Gasteiger partial charge on any atom is 0.261 e. The number of carbonyl (C=O) groups excluding carboxylic acids is 2. The van der Waals surface area contributed by atoms with Gasteiger partial charge in [0.15, 0.2) is 0 Å². The van der Waals surface area contributed by atoms with Crippen molar-refractivity contribution >= 4 is 23.2 Å². The molecule has 1 aliphatic heterocycles. The predicted molar refractivity (Wildman–Crippen MR) is 130 cm³/mol. The molecule has 1 aromatic carbocycles. The smallest absolute Gasteiger partial charge is 0.261 e. The lowest BCUT2D eigenvalue weighted by Crippen LogP contribution is -2.48. The Morgan fingerprint density at radius 1 is 1.12 bits per heavy atom. The molecule has 0 atom stereocenters. The van der Waals surface area contributed by atoms with E-state index in [4.69, 9.17) is 4.74 Å². The Morgan fingerprint density at radius 2 is 1.88 bits per heavy atom. The zero-order valence-electron chi connectivity index (χ0n) is 19.5. The van der Waals surface area contributed by atoms with E-state index in [1.165, 1.54) is 11.3 Å². The number of thiophene rings is 1. The molecule has 1 saturated heterocycles. The Labute approximate surface area is 194 Å². The van der Waals surface area contributed by atoms with Gasteiger partial charge in [0, 0.05) is 37.6 Å². The van der Waals surface area contributed by atoms with Crippen LogP contribution >= 0.6 is 11.3 Å². The van der Waals surface area contributed by atoms with Gasteiger partial charge in [0.25, 0.3) is 11.8 Å². The quantitative estimate of drug-likeness (QED) is 0.586. The molecule has 2 heterocycles. The minimum atomic E-state index is -0.0509. The van der Waals surface area contributed by atoms with Crippen LogP contribution in [-0.2, 0) is 0 Å². The average molecular weight is 459 g/mol. The van der Waals surface area contributed by atoms with Gasteiger partial charge in [-0.1, -0.05) is 13.0 Å². The molecule has 1 aliphatic rings. The lowest BCUT2D eigenvalue weighted by molar-refractivity contribution is 0.0640. The molecular formula is C24H34N4O3S. The molecule has 32 heavy (non-hydrogen) atoms. The number of amides is 2. The molecule has 3 rings (SSSR count). The van der Waals surface area contributed by atoms with Crippen molar-refractivity contribution in [3.63, 3.8) is 0 Å². The second-order valence-electron chi connectivity index (χ2n) is 8.22. The fourth-order valence-electron chi connectivity index (χ4n) is 3.76. The minimum Gasteiger partial charge on any atom is -0.496 e. The second-order valence-corrected chi connectivity index (χ2v) is 9.30. The monoisotopic (exact) mass is 458 g/mol. The summed E-state index contributed by atoms with van der Waals surface area (Å²) in [5, 5.41) is 2.98. The Bertz CT molecular complexity index is 920. The van der Waals surface area contributed by atoms with E-state index in [2.05, 4.69) is 22.0 Å². The van der Waals surface area contributed by atoms with E-state index >= 15 is 0 Å². The number of piperazine rings is 1. The maximum absolute atomic E-state index is 13.1. The van der Waals surface area contributed by atoms with Crippen molar-refractivity contribution in [3.05, 3.63) is 40.8 Å². The Kier molecular flexibility index (Phi) is 8.67. The van der Waals surface area contributed by atoms with Crippen LogP contribution in [0, 0.1) is 0 Å². The summed E-state index contributed by atoms with van der Waals surface area (Å²) < 4.78 is 5.56. The van der Waals surface area contributed by atoms with Crippen molar-refractivity contribution in [2.45, 2.75) is 13.3 Å². The summed E-state index contributed by atoms with van der Waals surface area (Å²) in [5.41, 5.74) is 1.52. The first-order valence-corrected chi connectivity index (χ1v) is 12.0. The lowest BCUT2D eigenvalue weighted by Gasteiger charge is -2.34. The van der Waals surface area contributed by atoms with Gasteiger partial charge in [-0.2, -0.15) is 0 Å². The van der Waals surface area contributed by atoms with E-state index in [-0.39, 0.29) is 11.8 Å². The van der Waals surface area contributed by atoms with Crippen molar-refractivity contribution in [1.29, 1.82) is 0 Å². The van der Waals surface area contributed by atoms with Gasteiger partial charge in [0.1, 0.15) is 5.75 Å². The molecule has 1 N–H and O–H groups in total. The predicted octanol–water partition coefficient (Wildman–Crippen LogP) is 2.88. The molecule has 1 aromatic heterocycles. The second kappa shape index (κ2) is 11.4. The average Bonchev–Trinajstić information content (AvgIpc) is 3.31. The van der Waals surface area contributed by atoms with Gasteiger partial charge in [-0.15, -0.1) is 11.3 Å². The zero-order valence-corrected chi connectivity index (χ0v) is 20.3. The van der Waals surface area contributed by atoms with E-state index in [0.29, 0.717) is 22.7 Å². The number of rotatable bonds is 9. The molecule has 0 unspecified atom stereocenters. The van der Waals surface area contributed by atoms with E-state index in [0.717, 1.165) is 56.1 Å². The molecule has 0 saturated carbocycles. The normalized spacial score (nSPS) is 14.6. The summed E-state index contributed by atoms with van der Waals surface area (Å²) in [6.45, 7) is 8.01. The molecule has 2 aromatic rings. The van der Waals surface area contributed by atoms with E-state index in [1.807, 2.05) is 49.3 Å². The van der Waals surface area contributed by atoms with E-state index < -0.39 is 0 Å². The molecule has 7 nitrogen and oxygen atoms in total. The van der Waals surface area contributed by atoms with E-state index in [9.17, 15) is 9.59 Å². The van der Waals surface area contributed by atoms with Crippen molar-refractivity contribution < 1.29 is 14.3 Å². The molecule has 8 heteroatoms. The number of nitrogens with zero attached hydrogens (tertiary/aromatic N) is 3. The third kappa shape index (κ3) is 6.09. The fourth-order valence-corrected chi connectivity index (χ4v) is 4.68. The molecule has 174 valence electrons. The fraction of sp³-hybridized carbons (Fsp3) is 0.500. The van der Waals surface area contributed by atoms with Crippen molar-refractivity contribution in [1.82, 2.24) is 20.0 Å². The van der Waals surface area contributed by atoms with Gasteiger partial charge in [-0.3, -0.25) is 9.59 Å². The number of nitrogens with one attached hydrogen (secondary N) is 1. The van der Waals surface area contributed by atoms with Gasteiger partial charge < -0.3 is 24.8 Å². The lowest BCUT2D eigenvalue weighted by atomic mass is 10.1. The van der Waals surface area contributed by atoms with Crippen LogP contribution in [0.2, 0.25) is 0 Å². The standard InChI is InChI=1S/C24H34N4O3S/c1-5-27-13-15-28(16-14-27)24(30)19-8-7-18(17-20(19)31-4)21-9-10-22(32-21)23(29)25-11-6-12-26(2)3/h7-10,17H,5-6,11-16H2,1-4H3,(H,25,29).